The van der Waals surface area contributed by atoms with Gasteiger partial charge in [0.1, 0.15) is 5.82 Å². The molecule has 1 aliphatic heterocycles. The third-order valence-corrected chi connectivity index (χ3v) is 7.49. The van der Waals surface area contributed by atoms with Gasteiger partial charge in [-0.3, -0.25) is 9.69 Å². The van der Waals surface area contributed by atoms with Crippen LogP contribution < -0.4 is 10.6 Å². The highest BCUT2D eigenvalue weighted by atomic mass is 32.2. The molecule has 1 aromatic carbocycles. The molecule has 0 saturated heterocycles. The third-order valence-electron chi connectivity index (χ3n) is 5.56. The lowest BCUT2D eigenvalue weighted by atomic mass is 9.70. The van der Waals surface area contributed by atoms with Crippen molar-refractivity contribution in [2.45, 2.75) is 38.0 Å². The van der Waals surface area contributed by atoms with Gasteiger partial charge in [-0.1, -0.05) is 86.4 Å². The van der Waals surface area contributed by atoms with Gasteiger partial charge < -0.3 is 5.73 Å². The second kappa shape index (κ2) is 8.93. The van der Waals surface area contributed by atoms with E-state index >= 15 is 0 Å². The molecule has 1 aromatic heterocycles. The Kier molecular flexibility index (Phi) is 6.22. The van der Waals surface area contributed by atoms with Crippen molar-refractivity contribution in [2.75, 3.05) is 10.7 Å². The SMILES string of the molecule is CCSc1nnc(N2C(N)=C(C#N)C(/C=C/c3ccccc3)C3=C2CC(C)(C)CC3=O)s1. The van der Waals surface area contributed by atoms with Gasteiger partial charge in [0.05, 0.1) is 11.6 Å². The summed E-state index contributed by atoms with van der Waals surface area (Å²) >= 11 is 3.03. The van der Waals surface area contributed by atoms with Gasteiger partial charge in [-0.25, -0.2) is 0 Å². The Morgan fingerprint density at radius 2 is 2.06 bits per heavy atom. The molecule has 1 unspecified atom stereocenters. The molecule has 4 rings (SSSR count). The summed E-state index contributed by atoms with van der Waals surface area (Å²) in [7, 11) is 0. The molecule has 164 valence electrons. The second-order valence-electron chi connectivity index (χ2n) is 8.58. The standard InChI is InChI=1S/C24H25N5OS2/c1-4-31-23-28-27-22(32-23)29-18-12-24(2,3)13-19(30)20(18)16(17(14-25)21(29)26)11-10-15-8-6-5-7-9-15/h5-11,16H,4,12-13,26H2,1-3H3/b11-10+. The number of ketones is 1. The number of carbonyl (C=O) groups is 1. The highest BCUT2D eigenvalue weighted by molar-refractivity contribution is 8.01. The quantitative estimate of drug-likeness (QED) is 0.614. The van der Waals surface area contributed by atoms with Crippen molar-refractivity contribution in [3.8, 4) is 6.07 Å². The number of nitriles is 1. The number of Topliss-reactive ketones (excluding diaryl/α,β-unsaturated/α-hetero) is 1. The molecule has 0 spiro atoms. The Morgan fingerprint density at radius 3 is 2.75 bits per heavy atom. The van der Waals surface area contributed by atoms with Gasteiger partial charge in [-0.15, -0.1) is 10.2 Å². The normalized spacial score (nSPS) is 20.6. The van der Waals surface area contributed by atoms with Crippen LogP contribution in [0.2, 0.25) is 0 Å². The first-order chi connectivity index (χ1) is 15.3. The summed E-state index contributed by atoms with van der Waals surface area (Å²) in [6.45, 7) is 6.22. The third kappa shape index (κ3) is 4.23. The van der Waals surface area contributed by atoms with Crippen LogP contribution in [0.15, 0.2) is 63.4 Å². The Labute approximate surface area is 196 Å². The van der Waals surface area contributed by atoms with E-state index in [-0.39, 0.29) is 11.2 Å². The molecule has 32 heavy (non-hydrogen) atoms. The van der Waals surface area contributed by atoms with Crippen LogP contribution in [-0.4, -0.2) is 21.7 Å². The van der Waals surface area contributed by atoms with Gasteiger partial charge in [0.15, 0.2) is 10.1 Å². The van der Waals surface area contributed by atoms with Crippen LogP contribution in [0, 0.1) is 22.7 Å². The number of thioether (sulfide) groups is 1. The number of benzene rings is 1. The Morgan fingerprint density at radius 1 is 1.31 bits per heavy atom. The summed E-state index contributed by atoms with van der Waals surface area (Å²) < 4.78 is 0.837. The molecule has 2 N–H and O–H groups in total. The summed E-state index contributed by atoms with van der Waals surface area (Å²) in [6, 6.07) is 12.1. The predicted molar refractivity (Wildman–Crippen MR) is 130 cm³/mol. The van der Waals surface area contributed by atoms with E-state index in [9.17, 15) is 10.1 Å². The van der Waals surface area contributed by atoms with Crippen molar-refractivity contribution in [1.29, 1.82) is 5.26 Å². The molecule has 2 aliphatic rings. The van der Waals surface area contributed by atoms with Crippen LogP contribution in [-0.2, 0) is 4.79 Å². The van der Waals surface area contributed by atoms with Crippen LogP contribution >= 0.6 is 23.1 Å². The van der Waals surface area contributed by atoms with E-state index in [0.29, 0.717) is 34.9 Å². The molecule has 6 nitrogen and oxygen atoms in total. The van der Waals surface area contributed by atoms with Crippen LogP contribution in [0.4, 0.5) is 5.13 Å². The van der Waals surface area contributed by atoms with Gasteiger partial charge >= 0.3 is 0 Å². The van der Waals surface area contributed by atoms with Gasteiger partial charge in [-0.05, 0) is 23.2 Å². The van der Waals surface area contributed by atoms with Crippen LogP contribution in [0.5, 0.6) is 0 Å². The summed E-state index contributed by atoms with van der Waals surface area (Å²) in [5.74, 6) is 0.780. The first-order valence-electron chi connectivity index (χ1n) is 10.5. The van der Waals surface area contributed by atoms with E-state index in [1.807, 2.05) is 42.5 Å². The van der Waals surface area contributed by atoms with E-state index in [1.165, 1.54) is 11.3 Å². The molecular weight excluding hydrogens is 438 g/mol. The van der Waals surface area contributed by atoms with E-state index in [2.05, 4.69) is 37.0 Å². The maximum Gasteiger partial charge on any atom is 0.219 e. The average molecular weight is 464 g/mol. The number of carbonyl (C=O) groups excluding carboxylic acids is 1. The molecule has 0 fully saturated rings. The number of aromatic nitrogens is 2. The molecule has 0 saturated carbocycles. The largest absolute Gasteiger partial charge is 0.384 e. The fourth-order valence-electron chi connectivity index (χ4n) is 4.21. The number of nitrogens with zero attached hydrogens (tertiary/aromatic N) is 4. The molecule has 1 atom stereocenters. The number of allylic oxidation sites excluding steroid dienone is 4. The van der Waals surface area contributed by atoms with E-state index in [1.54, 1.807) is 16.7 Å². The minimum absolute atomic E-state index is 0.0527. The van der Waals surface area contributed by atoms with Crippen molar-refractivity contribution in [3.63, 3.8) is 0 Å². The van der Waals surface area contributed by atoms with Crippen LogP contribution in [0.3, 0.4) is 0 Å². The zero-order valence-electron chi connectivity index (χ0n) is 18.3. The van der Waals surface area contributed by atoms with Gasteiger partial charge in [0, 0.05) is 23.6 Å². The smallest absolute Gasteiger partial charge is 0.219 e. The summed E-state index contributed by atoms with van der Waals surface area (Å²) in [4.78, 5) is 15.2. The summed E-state index contributed by atoms with van der Waals surface area (Å²) in [5, 5.41) is 19.2. The average Bonchev–Trinajstić information content (AvgIpc) is 3.20. The minimum Gasteiger partial charge on any atom is -0.384 e. The molecule has 2 heterocycles. The zero-order valence-corrected chi connectivity index (χ0v) is 20.0. The molecule has 0 amide bonds. The first-order valence-corrected chi connectivity index (χ1v) is 12.3. The van der Waals surface area contributed by atoms with Crippen LogP contribution in [0.25, 0.3) is 6.08 Å². The van der Waals surface area contributed by atoms with E-state index in [4.69, 9.17) is 5.73 Å². The highest BCUT2D eigenvalue weighted by Gasteiger charge is 2.44. The number of hydrogen-bond donors (Lipinski definition) is 1. The number of hydrogen-bond acceptors (Lipinski definition) is 8. The van der Waals surface area contributed by atoms with Gasteiger partial charge in [-0.2, -0.15) is 5.26 Å². The number of rotatable bonds is 5. The van der Waals surface area contributed by atoms with Crippen molar-refractivity contribution in [1.82, 2.24) is 10.2 Å². The minimum atomic E-state index is -0.479. The molecule has 8 heteroatoms. The fourth-order valence-corrected chi connectivity index (χ4v) is 5.99. The fraction of sp³-hybridized carbons (Fsp3) is 0.333. The van der Waals surface area contributed by atoms with Crippen molar-refractivity contribution < 1.29 is 4.79 Å². The maximum atomic E-state index is 13.4. The zero-order chi connectivity index (χ0) is 22.9. The van der Waals surface area contributed by atoms with Crippen molar-refractivity contribution >= 4 is 40.1 Å². The van der Waals surface area contributed by atoms with Crippen molar-refractivity contribution in [2.24, 2.45) is 17.1 Å². The Bertz CT molecular complexity index is 1170. The molecule has 1 aliphatic carbocycles. The van der Waals surface area contributed by atoms with Crippen LogP contribution in [0.1, 0.15) is 39.2 Å². The topological polar surface area (TPSA) is 95.9 Å². The Hall–Kier alpha value is -2.89. The monoisotopic (exact) mass is 463 g/mol. The lowest BCUT2D eigenvalue weighted by Crippen LogP contribution is -2.42. The first kappa shape index (κ1) is 22.3. The van der Waals surface area contributed by atoms with E-state index < -0.39 is 5.92 Å². The predicted octanol–water partition coefficient (Wildman–Crippen LogP) is 5.14. The lowest BCUT2D eigenvalue weighted by Gasteiger charge is -2.41. The Balaban J connectivity index is 1.86. The van der Waals surface area contributed by atoms with Crippen molar-refractivity contribution in [3.05, 3.63) is 64.6 Å². The summed E-state index contributed by atoms with van der Waals surface area (Å²) in [5.41, 5.74) is 9.21. The molecule has 0 bridgehead atoms. The van der Waals surface area contributed by atoms with E-state index in [0.717, 1.165) is 21.4 Å². The van der Waals surface area contributed by atoms with Gasteiger partial charge in [0.25, 0.3) is 0 Å². The molecule has 2 aromatic rings. The molecule has 0 radical (unpaired) electrons. The highest BCUT2D eigenvalue weighted by Crippen LogP contribution is 2.48. The van der Waals surface area contributed by atoms with Gasteiger partial charge in [0.2, 0.25) is 5.13 Å². The maximum absolute atomic E-state index is 13.4. The number of anilines is 1. The lowest BCUT2D eigenvalue weighted by molar-refractivity contribution is -0.118. The molecular formula is C24H25N5OS2. The second-order valence-corrected chi connectivity index (χ2v) is 11.0. The summed E-state index contributed by atoms with van der Waals surface area (Å²) in [6.07, 6.45) is 4.96. The number of nitrogens with two attached hydrogens (primary N) is 1.